The van der Waals surface area contributed by atoms with Gasteiger partial charge in [0.25, 0.3) is 5.56 Å². The molecule has 1 aliphatic carbocycles. The lowest BCUT2D eigenvalue weighted by Gasteiger charge is -2.35. The van der Waals surface area contributed by atoms with Crippen LogP contribution in [0.5, 0.6) is 0 Å². The summed E-state index contributed by atoms with van der Waals surface area (Å²) in [7, 11) is 0. The van der Waals surface area contributed by atoms with Crippen LogP contribution in [0.2, 0.25) is 0 Å². The van der Waals surface area contributed by atoms with Crippen molar-refractivity contribution in [2.45, 2.75) is 32.4 Å². The van der Waals surface area contributed by atoms with Gasteiger partial charge in [0.05, 0.1) is 0 Å². The molecule has 0 aromatic carbocycles. The number of alkyl halides is 3. The lowest BCUT2D eigenvalue weighted by molar-refractivity contribution is -0.138. The van der Waals surface area contributed by atoms with Crippen LogP contribution in [0.25, 0.3) is 0 Å². The Morgan fingerprint density at radius 1 is 1.19 bits per heavy atom. The molecule has 1 amide bonds. The second-order valence-corrected chi connectivity index (χ2v) is 8.45. The Bertz CT molecular complexity index is 1030. The van der Waals surface area contributed by atoms with Crippen molar-refractivity contribution in [1.82, 2.24) is 25.1 Å². The van der Waals surface area contributed by atoms with E-state index < -0.39 is 17.3 Å². The van der Waals surface area contributed by atoms with Gasteiger partial charge in [-0.25, -0.2) is 15.1 Å². The van der Waals surface area contributed by atoms with Crippen molar-refractivity contribution in [2.75, 3.05) is 42.9 Å². The Kier molecular flexibility index (Phi) is 5.78. The average Bonchev–Trinajstić information content (AvgIpc) is 3.52. The molecular formula is C20H24F3N7O2. The first-order valence-electron chi connectivity index (χ1n) is 10.4. The second kappa shape index (κ2) is 8.40. The molecule has 32 heavy (non-hydrogen) atoms. The topological polar surface area (TPSA) is 107 Å². The minimum atomic E-state index is -4.76. The van der Waals surface area contributed by atoms with Crippen molar-refractivity contribution in [3.63, 3.8) is 0 Å². The van der Waals surface area contributed by atoms with Gasteiger partial charge in [-0.1, -0.05) is 0 Å². The number of hydrogen-bond acceptors (Lipinski definition) is 7. The molecule has 0 atom stereocenters. The number of carbonyl (C=O) groups excluding carboxylic acids is 1. The summed E-state index contributed by atoms with van der Waals surface area (Å²) in [5.74, 6) is 0.610. The van der Waals surface area contributed by atoms with E-state index in [4.69, 9.17) is 0 Å². The second-order valence-electron chi connectivity index (χ2n) is 8.45. The maximum Gasteiger partial charge on any atom is 0.421 e. The highest BCUT2D eigenvalue weighted by Crippen LogP contribution is 2.49. The Balaban J connectivity index is 1.29. The van der Waals surface area contributed by atoms with Crippen molar-refractivity contribution in [1.29, 1.82) is 0 Å². The normalized spacial score (nSPS) is 17.9. The number of hydrogen-bond donors (Lipinski definition) is 2. The first kappa shape index (κ1) is 22.0. The summed E-state index contributed by atoms with van der Waals surface area (Å²) in [6.07, 6.45) is 0.691. The van der Waals surface area contributed by atoms with E-state index in [2.05, 4.69) is 20.4 Å². The van der Waals surface area contributed by atoms with E-state index in [0.29, 0.717) is 51.2 Å². The number of aromatic nitrogens is 4. The molecule has 2 aliphatic rings. The van der Waals surface area contributed by atoms with E-state index in [9.17, 15) is 22.8 Å². The predicted molar refractivity (Wildman–Crippen MR) is 110 cm³/mol. The average molecular weight is 451 g/mol. The summed E-state index contributed by atoms with van der Waals surface area (Å²) in [4.78, 5) is 36.7. The summed E-state index contributed by atoms with van der Waals surface area (Å²) in [5, 5.41) is 8.35. The SMILES string of the molecule is Cc1cnc(N2CCN(C(=O)CC3(CNc4cc(C(F)(F)F)c(=O)[nH]n4)CC3)CC2)nc1. The standard InChI is InChI=1S/C20H24F3N7O2/c1-13-10-24-18(25-11-13)30-6-4-29(5-7-30)16(31)9-19(2-3-19)12-26-15-8-14(20(21,22)23)17(32)28-27-15/h8,10-11H,2-7,9,12H2,1H3,(H,26,27)(H,28,32). The fourth-order valence-corrected chi connectivity index (χ4v) is 3.72. The van der Waals surface area contributed by atoms with Crippen LogP contribution >= 0.6 is 0 Å². The molecule has 12 heteroatoms. The van der Waals surface area contributed by atoms with Gasteiger partial charge in [-0.05, 0) is 30.7 Å². The van der Waals surface area contributed by atoms with Crippen molar-refractivity contribution in [2.24, 2.45) is 5.41 Å². The number of amides is 1. The quantitative estimate of drug-likeness (QED) is 0.690. The Labute approximate surface area is 182 Å². The maximum atomic E-state index is 12.9. The van der Waals surface area contributed by atoms with Crippen LogP contribution in [0.1, 0.15) is 30.4 Å². The van der Waals surface area contributed by atoms with Crippen LogP contribution in [-0.4, -0.2) is 63.7 Å². The molecule has 2 aromatic heterocycles. The molecule has 0 spiro atoms. The molecule has 9 nitrogen and oxygen atoms in total. The fraction of sp³-hybridized carbons (Fsp3) is 0.550. The first-order chi connectivity index (χ1) is 15.2. The maximum absolute atomic E-state index is 12.9. The molecule has 3 heterocycles. The van der Waals surface area contributed by atoms with Gasteiger partial charge in [-0.3, -0.25) is 9.59 Å². The molecule has 1 saturated carbocycles. The molecule has 172 valence electrons. The molecule has 4 rings (SSSR count). The minimum Gasteiger partial charge on any atom is -0.368 e. The third-order valence-corrected chi connectivity index (χ3v) is 5.92. The number of piperazine rings is 1. The van der Waals surface area contributed by atoms with Gasteiger partial charge in [0, 0.05) is 57.6 Å². The van der Waals surface area contributed by atoms with Gasteiger partial charge in [0.1, 0.15) is 11.4 Å². The van der Waals surface area contributed by atoms with E-state index in [0.717, 1.165) is 18.4 Å². The van der Waals surface area contributed by atoms with E-state index in [-0.39, 0.29) is 17.1 Å². The van der Waals surface area contributed by atoms with Gasteiger partial charge in [-0.15, -0.1) is 0 Å². The Hall–Kier alpha value is -3.18. The highest BCUT2D eigenvalue weighted by Gasteiger charge is 2.45. The van der Waals surface area contributed by atoms with Gasteiger partial charge in [0.15, 0.2) is 0 Å². The third kappa shape index (κ3) is 5.00. The van der Waals surface area contributed by atoms with Gasteiger partial charge >= 0.3 is 6.18 Å². The van der Waals surface area contributed by atoms with Crippen molar-refractivity contribution in [3.8, 4) is 0 Å². The summed E-state index contributed by atoms with van der Waals surface area (Å²) in [6.45, 7) is 4.65. The molecule has 0 radical (unpaired) electrons. The van der Waals surface area contributed by atoms with E-state index in [1.165, 1.54) is 0 Å². The Morgan fingerprint density at radius 2 is 1.84 bits per heavy atom. The number of anilines is 2. The van der Waals surface area contributed by atoms with Crippen LogP contribution in [-0.2, 0) is 11.0 Å². The highest BCUT2D eigenvalue weighted by molar-refractivity contribution is 5.77. The van der Waals surface area contributed by atoms with Crippen LogP contribution in [0.15, 0.2) is 23.3 Å². The summed E-state index contributed by atoms with van der Waals surface area (Å²) in [5.41, 5.74) is -1.90. The monoisotopic (exact) mass is 451 g/mol. The van der Waals surface area contributed by atoms with Gasteiger partial charge in [-0.2, -0.15) is 18.3 Å². The molecule has 0 unspecified atom stereocenters. The molecule has 1 aliphatic heterocycles. The van der Waals surface area contributed by atoms with Crippen LogP contribution < -0.4 is 15.8 Å². The summed E-state index contributed by atoms with van der Waals surface area (Å²) >= 11 is 0. The molecule has 2 aromatic rings. The zero-order chi connectivity index (χ0) is 22.9. The number of nitrogens with one attached hydrogen (secondary N) is 2. The van der Waals surface area contributed by atoms with Crippen molar-refractivity contribution in [3.05, 3.63) is 39.9 Å². The fourth-order valence-electron chi connectivity index (χ4n) is 3.72. The molecule has 0 bridgehead atoms. The van der Waals surface area contributed by atoms with E-state index in [1.54, 1.807) is 12.4 Å². The number of aryl methyl sites for hydroxylation is 1. The van der Waals surface area contributed by atoms with Crippen LogP contribution in [0, 0.1) is 12.3 Å². The predicted octanol–water partition coefficient (Wildman–Crippen LogP) is 1.82. The number of halogens is 3. The van der Waals surface area contributed by atoms with Gasteiger partial charge in [0.2, 0.25) is 11.9 Å². The summed E-state index contributed by atoms with van der Waals surface area (Å²) < 4.78 is 38.7. The minimum absolute atomic E-state index is 0.0270. The molecule has 2 N–H and O–H groups in total. The van der Waals surface area contributed by atoms with Crippen LogP contribution in [0.4, 0.5) is 24.9 Å². The largest absolute Gasteiger partial charge is 0.421 e. The number of nitrogens with zero attached hydrogens (tertiary/aromatic N) is 5. The smallest absolute Gasteiger partial charge is 0.368 e. The van der Waals surface area contributed by atoms with Gasteiger partial charge < -0.3 is 15.1 Å². The van der Waals surface area contributed by atoms with Crippen LogP contribution in [0.3, 0.4) is 0 Å². The number of rotatable bonds is 6. The zero-order valence-corrected chi connectivity index (χ0v) is 17.6. The van der Waals surface area contributed by atoms with Crippen molar-refractivity contribution < 1.29 is 18.0 Å². The zero-order valence-electron chi connectivity index (χ0n) is 17.6. The third-order valence-electron chi connectivity index (χ3n) is 5.92. The number of H-pyrrole nitrogens is 1. The lowest BCUT2D eigenvalue weighted by atomic mass is 10.0. The number of aromatic amines is 1. The molecular weight excluding hydrogens is 427 g/mol. The van der Waals surface area contributed by atoms with E-state index >= 15 is 0 Å². The Morgan fingerprint density at radius 3 is 2.44 bits per heavy atom. The van der Waals surface area contributed by atoms with Crippen molar-refractivity contribution >= 4 is 17.7 Å². The highest BCUT2D eigenvalue weighted by atomic mass is 19.4. The number of carbonyl (C=O) groups is 1. The molecule has 2 fully saturated rings. The lowest BCUT2D eigenvalue weighted by Crippen LogP contribution is -2.49. The van der Waals surface area contributed by atoms with E-state index in [1.807, 2.05) is 21.8 Å². The summed E-state index contributed by atoms with van der Waals surface area (Å²) in [6, 6.07) is 0.698. The first-order valence-corrected chi connectivity index (χ1v) is 10.4. The molecule has 1 saturated heterocycles.